The maximum atomic E-state index is 13.5. The monoisotopic (exact) mass is 372 g/mol. The number of allylic oxidation sites excluding steroid dienone is 3. The van der Waals surface area contributed by atoms with Gasteiger partial charge < -0.3 is 4.74 Å². The standard InChI is InChI=1S/C24H36O3/c1-13(2)15-10-11-24(9)16(12-15)17(14(3)4)18-19(25)22(5,6)21(26)23(7,8)20(18)27-24/h10-11,13-17H,12H2,1-9H3/t15-,16-,17-,24-/m1/s1. The second-order valence-electron chi connectivity index (χ2n) is 10.8. The van der Waals surface area contributed by atoms with E-state index in [0.717, 1.165) is 12.0 Å². The van der Waals surface area contributed by atoms with E-state index in [2.05, 4.69) is 46.8 Å². The molecule has 0 radical (unpaired) electrons. The van der Waals surface area contributed by atoms with Crippen LogP contribution >= 0.6 is 0 Å². The molecule has 1 heterocycles. The molecule has 0 aromatic rings. The van der Waals surface area contributed by atoms with Gasteiger partial charge in [0.25, 0.3) is 0 Å². The fourth-order valence-corrected chi connectivity index (χ4v) is 5.62. The Balaban J connectivity index is 2.23. The molecule has 1 aliphatic heterocycles. The molecule has 0 fully saturated rings. The molecule has 3 aliphatic rings. The molecule has 0 amide bonds. The van der Waals surface area contributed by atoms with Crippen molar-refractivity contribution in [1.82, 2.24) is 0 Å². The summed E-state index contributed by atoms with van der Waals surface area (Å²) in [4.78, 5) is 26.7. The fourth-order valence-electron chi connectivity index (χ4n) is 5.62. The van der Waals surface area contributed by atoms with Crippen molar-refractivity contribution in [2.24, 2.45) is 40.4 Å². The lowest BCUT2D eigenvalue weighted by molar-refractivity contribution is -0.153. The third-order valence-electron chi connectivity index (χ3n) is 7.36. The molecule has 4 atom stereocenters. The first-order valence-corrected chi connectivity index (χ1v) is 10.5. The summed E-state index contributed by atoms with van der Waals surface area (Å²) < 4.78 is 6.59. The molecule has 0 N–H and O–H groups in total. The van der Waals surface area contributed by atoms with Crippen LogP contribution in [-0.2, 0) is 14.3 Å². The van der Waals surface area contributed by atoms with Gasteiger partial charge in [-0.25, -0.2) is 0 Å². The molecule has 0 aromatic heterocycles. The van der Waals surface area contributed by atoms with Crippen LogP contribution in [0.4, 0.5) is 0 Å². The van der Waals surface area contributed by atoms with Gasteiger partial charge in [0.2, 0.25) is 0 Å². The van der Waals surface area contributed by atoms with Crippen LogP contribution in [0.2, 0.25) is 0 Å². The van der Waals surface area contributed by atoms with E-state index < -0.39 is 16.4 Å². The maximum Gasteiger partial charge on any atom is 0.175 e. The first kappa shape index (κ1) is 20.4. The molecular weight excluding hydrogens is 336 g/mol. The molecule has 3 heteroatoms. The maximum absolute atomic E-state index is 13.5. The fraction of sp³-hybridized carbons (Fsp3) is 0.750. The van der Waals surface area contributed by atoms with E-state index in [1.807, 2.05) is 13.8 Å². The van der Waals surface area contributed by atoms with Gasteiger partial charge in [0.1, 0.15) is 11.4 Å². The summed E-state index contributed by atoms with van der Waals surface area (Å²) in [6, 6.07) is 0. The van der Waals surface area contributed by atoms with Crippen molar-refractivity contribution < 1.29 is 14.3 Å². The number of hydrogen-bond acceptors (Lipinski definition) is 3. The van der Waals surface area contributed by atoms with Crippen LogP contribution in [0.1, 0.15) is 68.7 Å². The first-order chi connectivity index (χ1) is 12.2. The van der Waals surface area contributed by atoms with Gasteiger partial charge in [0.15, 0.2) is 11.6 Å². The largest absolute Gasteiger partial charge is 0.486 e. The van der Waals surface area contributed by atoms with Gasteiger partial charge in [-0.2, -0.15) is 0 Å². The average molecular weight is 373 g/mol. The van der Waals surface area contributed by atoms with Crippen molar-refractivity contribution in [3.8, 4) is 0 Å². The minimum atomic E-state index is -0.992. The third kappa shape index (κ3) is 2.76. The van der Waals surface area contributed by atoms with E-state index in [1.54, 1.807) is 13.8 Å². The molecule has 27 heavy (non-hydrogen) atoms. The van der Waals surface area contributed by atoms with Crippen molar-refractivity contribution >= 4 is 11.6 Å². The highest BCUT2D eigenvalue weighted by molar-refractivity contribution is 6.19. The highest BCUT2D eigenvalue weighted by Crippen LogP contribution is 2.58. The van der Waals surface area contributed by atoms with E-state index >= 15 is 0 Å². The second kappa shape index (κ2) is 6.06. The normalized spacial score (nSPS) is 37.4. The van der Waals surface area contributed by atoms with Crippen LogP contribution in [0.15, 0.2) is 23.5 Å². The number of carbonyl (C=O) groups is 2. The Hall–Kier alpha value is -1.38. The molecule has 0 spiro atoms. The minimum absolute atomic E-state index is 0.0294. The predicted molar refractivity (Wildman–Crippen MR) is 108 cm³/mol. The van der Waals surface area contributed by atoms with Crippen LogP contribution in [-0.4, -0.2) is 17.2 Å². The molecular formula is C24H36O3. The Bertz CT molecular complexity index is 735. The van der Waals surface area contributed by atoms with Crippen LogP contribution < -0.4 is 0 Å². The zero-order chi connectivity index (χ0) is 20.5. The Morgan fingerprint density at radius 2 is 1.56 bits per heavy atom. The number of ether oxygens (including phenoxy) is 1. The average Bonchev–Trinajstić information content (AvgIpc) is 2.56. The predicted octanol–water partition coefficient (Wildman–Crippen LogP) is 5.35. The lowest BCUT2D eigenvalue weighted by Crippen LogP contribution is -2.58. The Morgan fingerprint density at radius 3 is 2.07 bits per heavy atom. The van der Waals surface area contributed by atoms with Crippen molar-refractivity contribution in [2.45, 2.75) is 74.3 Å². The molecule has 2 aliphatic carbocycles. The SMILES string of the molecule is CC(C)[C@@H]1C=C[C@@]2(C)OC3=C(C(=O)C(C)(C)C(=O)C3(C)C)[C@H](C(C)C)[C@H]2C1. The van der Waals surface area contributed by atoms with Crippen LogP contribution in [0.3, 0.4) is 0 Å². The first-order valence-electron chi connectivity index (χ1n) is 10.5. The second-order valence-corrected chi connectivity index (χ2v) is 10.8. The summed E-state index contributed by atoms with van der Waals surface area (Å²) in [5, 5.41) is 0. The summed E-state index contributed by atoms with van der Waals surface area (Å²) in [6.07, 6.45) is 5.51. The minimum Gasteiger partial charge on any atom is -0.486 e. The summed E-state index contributed by atoms with van der Waals surface area (Å²) in [7, 11) is 0. The number of hydrogen-bond donors (Lipinski definition) is 0. The van der Waals surface area contributed by atoms with Crippen molar-refractivity contribution in [3.63, 3.8) is 0 Å². The van der Waals surface area contributed by atoms with Gasteiger partial charge in [-0.15, -0.1) is 0 Å². The van der Waals surface area contributed by atoms with Crippen LogP contribution in [0.5, 0.6) is 0 Å². The lowest BCUT2D eigenvalue weighted by Gasteiger charge is -2.55. The Kier molecular flexibility index (Phi) is 4.57. The zero-order valence-electron chi connectivity index (χ0n) is 18.5. The van der Waals surface area contributed by atoms with Crippen molar-refractivity contribution in [2.75, 3.05) is 0 Å². The van der Waals surface area contributed by atoms with E-state index in [-0.39, 0.29) is 23.4 Å². The molecule has 150 valence electrons. The van der Waals surface area contributed by atoms with Crippen molar-refractivity contribution in [3.05, 3.63) is 23.5 Å². The molecule has 0 saturated heterocycles. The topological polar surface area (TPSA) is 43.4 Å². The number of fused-ring (bicyclic) bond motifs is 1. The van der Waals surface area contributed by atoms with Gasteiger partial charge in [-0.1, -0.05) is 33.8 Å². The van der Waals surface area contributed by atoms with Gasteiger partial charge in [-0.3, -0.25) is 9.59 Å². The van der Waals surface area contributed by atoms with E-state index in [1.165, 1.54) is 0 Å². The molecule has 3 nitrogen and oxygen atoms in total. The lowest BCUT2D eigenvalue weighted by atomic mass is 9.54. The summed E-state index contributed by atoms with van der Waals surface area (Å²) >= 11 is 0. The smallest absolute Gasteiger partial charge is 0.175 e. The Labute approximate surface area is 164 Å². The van der Waals surface area contributed by atoms with Gasteiger partial charge in [0.05, 0.1) is 10.8 Å². The van der Waals surface area contributed by atoms with Gasteiger partial charge >= 0.3 is 0 Å². The summed E-state index contributed by atoms with van der Waals surface area (Å²) in [5.41, 5.74) is -1.44. The quantitative estimate of drug-likeness (QED) is 0.484. The number of rotatable bonds is 2. The zero-order valence-corrected chi connectivity index (χ0v) is 18.5. The summed E-state index contributed by atoms with van der Waals surface area (Å²) in [6.45, 7) is 18.5. The highest BCUT2D eigenvalue weighted by Gasteiger charge is 2.61. The number of Topliss-reactive ketones (excluding diaryl/α,β-unsaturated/α-hetero) is 2. The van der Waals surface area contributed by atoms with Crippen molar-refractivity contribution in [1.29, 1.82) is 0 Å². The van der Waals surface area contributed by atoms with Crippen LogP contribution in [0.25, 0.3) is 0 Å². The highest BCUT2D eigenvalue weighted by atomic mass is 16.5. The molecule has 0 saturated carbocycles. The van der Waals surface area contributed by atoms with E-state index in [0.29, 0.717) is 23.5 Å². The van der Waals surface area contributed by atoms with Gasteiger partial charge in [0, 0.05) is 17.4 Å². The number of carbonyl (C=O) groups excluding carboxylic acids is 2. The number of ketones is 2. The van der Waals surface area contributed by atoms with Gasteiger partial charge in [-0.05, 0) is 64.9 Å². The Morgan fingerprint density at radius 1 is 0.963 bits per heavy atom. The van der Waals surface area contributed by atoms with E-state index in [4.69, 9.17) is 4.74 Å². The third-order valence-corrected chi connectivity index (χ3v) is 7.36. The van der Waals surface area contributed by atoms with Crippen LogP contribution in [0, 0.1) is 40.4 Å². The molecule has 0 unspecified atom stereocenters. The molecule has 0 bridgehead atoms. The molecule has 0 aromatic carbocycles. The summed E-state index contributed by atoms with van der Waals surface area (Å²) in [5.74, 6) is 2.29. The van der Waals surface area contributed by atoms with E-state index in [9.17, 15) is 9.59 Å². The molecule has 3 rings (SSSR count).